The second-order valence-electron chi connectivity index (χ2n) is 5.31. The van der Waals surface area contributed by atoms with Crippen molar-refractivity contribution in [2.45, 2.75) is 13.8 Å². The predicted molar refractivity (Wildman–Crippen MR) is 94.8 cm³/mol. The molecule has 122 valence electrons. The van der Waals surface area contributed by atoms with E-state index in [9.17, 15) is 9.59 Å². The monoisotopic (exact) mass is 340 g/mol. The Morgan fingerprint density at radius 2 is 1.96 bits per heavy atom. The second kappa shape index (κ2) is 6.41. The molecule has 0 atom stereocenters. The van der Waals surface area contributed by atoms with Crippen LogP contribution in [0.4, 0.5) is 5.00 Å². The molecule has 0 spiro atoms. The number of aryl methyl sites for hydroxylation is 1. The summed E-state index contributed by atoms with van der Waals surface area (Å²) in [5.74, 6) is -0.730. The van der Waals surface area contributed by atoms with Gasteiger partial charge in [-0.3, -0.25) is 9.78 Å². The normalized spacial score (nSPS) is 10.6. The summed E-state index contributed by atoms with van der Waals surface area (Å²) in [6.45, 7) is 3.75. The van der Waals surface area contributed by atoms with Gasteiger partial charge in [-0.15, -0.1) is 11.3 Å². The molecule has 1 N–H and O–H groups in total. The number of rotatable bonds is 3. The number of hydrogen-bond donors (Lipinski definition) is 1. The standard InChI is InChI=1S/C18H16N2O3S/c1-10-11(2)24-17(15(10)18(22)23-3)20-16(21)13-6-4-8-14-12(13)7-5-9-19-14/h4-9H,1-3H3,(H,20,21). The summed E-state index contributed by atoms with van der Waals surface area (Å²) >= 11 is 1.36. The van der Waals surface area contributed by atoms with Crippen molar-refractivity contribution in [3.05, 3.63) is 58.1 Å². The molecule has 0 saturated heterocycles. The number of benzene rings is 1. The highest BCUT2D eigenvalue weighted by Gasteiger charge is 2.22. The van der Waals surface area contributed by atoms with Crippen LogP contribution in [0.1, 0.15) is 31.2 Å². The number of aromatic nitrogens is 1. The van der Waals surface area contributed by atoms with Gasteiger partial charge in [-0.25, -0.2) is 4.79 Å². The maximum absolute atomic E-state index is 12.7. The fourth-order valence-electron chi connectivity index (χ4n) is 2.53. The number of anilines is 1. The molecule has 0 aliphatic heterocycles. The van der Waals surface area contributed by atoms with Gasteiger partial charge in [0.1, 0.15) is 5.00 Å². The molecule has 0 aliphatic rings. The Bertz CT molecular complexity index is 941. The summed E-state index contributed by atoms with van der Waals surface area (Å²) in [7, 11) is 1.33. The highest BCUT2D eigenvalue weighted by molar-refractivity contribution is 7.16. The molecular formula is C18H16N2O3S. The van der Waals surface area contributed by atoms with Crippen molar-refractivity contribution in [3.8, 4) is 0 Å². The van der Waals surface area contributed by atoms with Crippen LogP contribution in [0.5, 0.6) is 0 Å². The van der Waals surface area contributed by atoms with Gasteiger partial charge in [0, 0.05) is 22.0 Å². The van der Waals surface area contributed by atoms with Crippen LogP contribution in [0.25, 0.3) is 10.9 Å². The van der Waals surface area contributed by atoms with Crippen molar-refractivity contribution in [3.63, 3.8) is 0 Å². The number of nitrogens with one attached hydrogen (secondary N) is 1. The zero-order valence-electron chi connectivity index (χ0n) is 13.5. The van der Waals surface area contributed by atoms with Crippen LogP contribution in [0.2, 0.25) is 0 Å². The van der Waals surface area contributed by atoms with Gasteiger partial charge >= 0.3 is 5.97 Å². The van der Waals surface area contributed by atoms with E-state index in [1.54, 1.807) is 24.4 Å². The van der Waals surface area contributed by atoms with E-state index in [4.69, 9.17) is 4.74 Å². The third kappa shape index (κ3) is 2.76. The first-order valence-corrected chi connectivity index (χ1v) is 8.18. The molecule has 0 radical (unpaired) electrons. The average Bonchev–Trinajstić information content (AvgIpc) is 2.87. The summed E-state index contributed by atoms with van der Waals surface area (Å²) in [6, 6.07) is 9.02. The van der Waals surface area contributed by atoms with Gasteiger partial charge in [-0.1, -0.05) is 12.1 Å². The predicted octanol–water partition coefficient (Wildman–Crippen LogP) is 3.95. The zero-order chi connectivity index (χ0) is 17.3. The summed E-state index contributed by atoms with van der Waals surface area (Å²) in [4.78, 5) is 30.0. The van der Waals surface area contributed by atoms with E-state index in [1.807, 2.05) is 26.0 Å². The number of pyridine rings is 1. The van der Waals surface area contributed by atoms with Gasteiger partial charge in [0.25, 0.3) is 5.91 Å². The van der Waals surface area contributed by atoms with Crippen molar-refractivity contribution in [1.82, 2.24) is 4.98 Å². The lowest BCUT2D eigenvalue weighted by Crippen LogP contribution is -2.14. The van der Waals surface area contributed by atoms with Crippen molar-refractivity contribution < 1.29 is 14.3 Å². The van der Waals surface area contributed by atoms with E-state index in [0.29, 0.717) is 16.1 Å². The molecule has 24 heavy (non-hydrogen) atoms. The number of carbonyl (C=O) groups excluding carboxylic acids is 2. The number of ether oxygens (including phenoxy) is 1. The van der Waals surface area contributed by atoms with Crippen LogP contribution in [0.3, 0.4) is 0 Å². The molecule has 0 saturated carbocycles. The van der Waals surface area contributed by atoms with Gasteiger partial charge in [-0.05, 0) is 37.6 Å². The number of hydrogen-bond acceptors (Lipinski definition) is 5. The molecule has 0 aliphatic carbocycles. The van der Waals surface area contributed by atoms with E-state index in [0.717, 1.165) is 21.3 Å². The third-order valence-corrected chi connectivity index (χ3v) is 5.01. The first kappa shape index (κ1) is 16.1. The Hall–Kier alpha value is -2.73. The van der Waals surface area contributed by atoms with E-state index >= 15 is 0 Å². The summed E-state index contributed by atoms with van der Waals surface area (Å²) in [5, 5.41) is 4.12. The molecular weight excluding hydrogens is 324 g/mol. The largest absolute Gasteiger partial charge is 0.465 e. The molecule has 3 aromatic rings. The first-order valence-electron chi connectivity index (χ1n) is 7.36. The van der Waals surface area contributed by atoms with Crippen LogP contribution in [-0.2, 0) is 4.74 Å². The van der Waals surface area contributed by atoms with E-state index < -0.39 is 5.97 Å². The van der Waals surface area contributed by atoms with Crippen LogP contribution in [0, 0.1) is 13.8 Å². The third-order valence-electron chi connectivity index (χ3n) is 3.89. The van der Waals surface area contributed by atoms with E-state index in [2.05, 4.69) is 10.3 Å². The Kier molecular flexibility index (Phi) is 4.31. The maximum atomic E-state index is 12.7. The molecule has 2 heterocycles. The SMILES string of the molecule is COC(=O)c1c(NC(=O)c2cccc3ncccc23)sc(C)c1C. The number of esters is 1. The zero-order valence-corrected chi connectivity index (χ0v) is 14.4. The van der Waals surface area contributed by atoms with E-state index in [-0.39, 0.29) is 5.91 Å². The lowest BCUT2D eigenvalue weighted by atomic mass is 10.1. The molecule has 6 heteroatoms. The molecule has 0 fully saturated rings. The Morgan fingerprint density at radius 1 is 1.17 bits per heavy atom. The number of nitrogens with zero attached hydrogens (tertiary/aromatic N) is 1. The highest BCUT2D eigenvalue weighted by atomic mass is 32.1. The summed E-state index contributed by atoms with van der Waals surface area (Å²) in [6.07, 6.45) is 1.69. The van der Waals surface area contributed by atoms with Gasteiger partial charge in [0.05, 0.1) is 18.2 Å². The van der Waals surface area contributed by atoms with Gasteiger partial charge in [0.15, 0.2) is 0 Å². The Labute approximate surface area is 143 Å². The lowest BCUT2D eigenvalue weighted by molar-refractivity contribution is 0.0601. The molecule has 0 unspecified atom stereocenters. The van der Waals surface area contributed by atoms with E-state index in [1.165, 1.54) is 18.4 Å². The summed E-state index contributed by atoms with van der Waals surface area (Å²) < 4.78 is 4.84. The minimum atomic E-state index is -0.452. The van der Waals surface area contributed by atoms with Gasteiger partial charge in [0.2, 0.25) is 0 Å². The maximum Gasteiger partial charge on any atom is 0.341 e. The molecule has 1 amide bonds. The van der Waals surface area contributed by atoms with Crippen molar-refractivity contribution in [2.75, 3.05) is 12.4 Å². The molecule has 5 nitrogen and oxygen atoms in total. The van der Waals surface area contributed by atoms with Crippen molar-refractivity contribution >= 4 is 39.1 Å². The number of amides is 1. The molecule has 1 aromatic carbocycles. The molecule has 2 aromatic heterocycles. The topological polar surface area (TPSA) is 68.3 Å². The van der Waals surface area contributed by atoms with Crippen LogP contribution in [-0.4, -0.2) is 24.0 Å². The van der Waals surface area contributed by atoms with Crippen molar-refractivity contribution in [2.24, 2.45) is 0 Å². The minimum Gasteiger partial charge on any atom is -0.465 e. The van der Waals surface area contributed by atoms with Gasteiger partial charge in [-0.2, -0.15) is 0 Å². The van der Waals surface area contributed by atoms with Crippen molar-refractivity contribution in [1.29, 1.82) is 0 Å². The highest BCUT2D eigenvalue weighted by Crippen LogP contribution is 2.33. The Morgan fingerprint density at radius 3 is 2.71 bits per heavy atom. The fourth-order valence-corrected chi connectivity index (χ4v) is 3.58. The lowest BCUT2D eigenvalue weighted by Gasteiger charge is -2.08. The van der Waals surface area contributed by atoms with Gasteiger partial charge < -0.3 is 10.1 Å². The number of methoxy groups -OCH3 is 1. The Balaban J connectivity index is 2.01. The second-order valence-corrected chi connectivity index (χ2v) is 6.53. The smallest absolute Gasteiger partial charge is 0.341 e. The minimum absolute atomic E-state index is 0.278. The fraction of sp³-hybridized carbons (Fsp3) is 0.167. The first-order chi connectivity index (χ1) is 11.5. The van der Waals surface area contributed by atoms with Crippen LogP contribution >= 0.6 is 11.3 Å². The van der Waals surface area contributed by atoms with Crippen LogP contribution < -0.4 is 5.32 Å². The van der Waals surface area contributed by atoms with Crippen LogP contribution in [0.15, 0.2) is 36.5 Å². The average molecular weight is 340 g/mol. The number of thiophene rings is 1. The number of carbonyl (C=O) groups is 2. The number of fused-ring (bicyclic) bond motifs is 1. The molecule has 0 bridgehead atoms. The quantitative estimate of drug-likeness (QED) is 0.733. The molecule has 3 rings (SSSR count). The summed E-state index contributed by atoms with van der Waals surface area (Å²) in [5.41, 5.74) is 2.49.